The molecule has 218 valence electrons. The van der Waals surface area contributed by atoms with E-state index >= 15 is 0 Å². The average molecular weight is 558 g/mol. The molecule has 1 aliphatic rings. The highest BCUT2D eigenvalue weighted by atomic mass is 16.4. The lowest BCUT2D eigenvalue weighted by molar-refractivity contribution is -0.149. The Morgan fingerprint density at radius 1 is 1.05 bits per heavy atom. The predicted octanol–water partition coefficient (Wildman–Crippen LogP) is -0.652. The third-order valence-corrected chi connectivity index (χ3v) is 7.07. The predicted molar refractivity (Wildman–Crippen MR) is 148 cm³/mol. The molecule has 0 radical (unpaired) electrons. The Hall–Kier alpha value is -3.97. The van der Waals surface area contributed by atoms with Gasteiger partial charge in [-0.2, -0.15) is 0 Å². The number of aliphatic carboxylic acids is 1. The average Bonchev–Trinajstić information content (AvgIpc) is 3.59. The fourth-order valence-electron chi connectivity index (χ4n) is 4.90. The van der Waals surface area contributed by atoms with E-state index in [0.29, 0.717) is 32.2 Å². The molecule has 0 spiro atoms. The van der Waals surface area contributed by atoms with E-state index in [9.17, 15) is 29.1 Å². The molecular formula is C27H39N7O6. The van der Waals surface area contributed by atoms with Gasteiger partial charge in [0.15, 0.2) is 0 Å². The Morgan fingerprint density at radius 2 is 1.77 bits per heavy atom. The van der Waals surface area contributed by atoms with Crippen molar-refractivity contribution in [2.24, 2.45) is 11.5 Å². The molecular weight excluding hydrogens is 518 g/mol. The molecule has 1 aliphatic heterocycles. The summed E-state index contributed by atoms with van der Waals surface area (Å²) in [6.07, 6.45) is 4.18. The number of nitrogens with zero attached hydrogens (tertiary/aromatic N) is 1. The number of nitrogens with two attached hydrogens (primary N) is 2. The summed E-state index contributed by atoms with van der Waals surface area (Å²) in [5.74, 6) is -3.29. The van der Waals surface area contributed by atoms with Crippen LogP contribution in [0.3, 0.4) is 0 Å². The van der Waals surface area contributed by atoms with E-state index in [4.69, 9.17) is 11.5 Å². The number of rotatable bonds is 14. The maximum absolute atomic E-state index is 13.7. The monoisotopic (exact) mass is 557 g/mol. The molecule has 40 heavy (non-hydrogen) atoms. The summed E-state index contributed by atoms with van der Waals surface area (Å²) in [7, 11) is 0. The first-order chi connectivity index (χ1) is 19.2. The SMILES string of the molecule is C[C@H](NC(=O)CN)C(=O)N[C@@H](Cc1c[nH]c2ccccc12)C(=O)N[C@@H](CCCCN)C(=O)N1CCC[C@H]1C(=O)O. The number of aromatic amines is 1. The van der Waals surface area contributed by atoms with Crippen molar-refractivity contribution in [1.82, 2.24) is 25.8 Å². The van der Waals surface area contributed by atoms with Crippen molar-refractivity contribution in [3.63, 3.8) is 0 Å². The zero-order valence-corrected chi connectivity index (χ0v) is 22.7. The molecule has 0 saturated carbocycles. The lowest BCUT2D eigenvalue weighted by Gasteiger charge is -2.29. The summed E-state index contributed by atoms with van der Waals surface area (Å²) in [6, 6.07) is 3.51. The zero-order valence-electron chi connectivity index (χ0n) is 22.7. The lowest BCUT2D eigenvalue weighted by atomic mass is 10.0. The summed E-state index contributed by atoms with van der Waals surface area (Å²) in [4.78, 5) is 67.9. The molecule has 0 bridgehead atoms. The minimum absolute atomic E-state index is 0.102. The van der Waals surface area contributed by atoms with Crippen molar-refractivity contribution in [1.29, 1.82) is 0 Å². The van der Waals surface area contributed by atoms with Crippen LogP contribution in [0.25, 0.3) is 10.9 Å². The van der Waals surface area contributed by atoms with Crippen molar-refractivity contribution in [2.75, 3.05) is 19.6 Å². The van der Waals surface area contributed by atoms with Crippen LogP contribution in [-0.4, -0.2) is 88.4 Å². The molecule has 0 aliphatic carbocycles. The van der Waals surface area contributed by atoms with Gasteiger partial charge in [-0.05, 0) is 57.2 Å². The third kappa shape index (κ3) is 7.79. The van der Waals surface area contributed by atoms with Crippen molar-refractivity contribution in [3.8, 4) is 0 Å². The number of carbonyl (C=O) groups is 5. The molecule has 1 saturated heterocycles. The quantitative estimate of drug-likeness (QED) is 0.148. The molecule has 13 heteroatoms. The number of benzene rings is 1. The van der Waals surface area contributed by atoms with E-state index in [1.165, 1.54) is 11.8 Å². The molecule has 4 amide bonds. The van der Waals surface area contributed by atoms with Gasteiger partial charge in [-0.25, -0.2) is 4.79 Å². The van der Waals surface area contributed by atoms with Crippen molar-refractivity contribution < 1.29 is 29.1 Å². The van der Waals surface area contributed by atoms with E-state index in [-0.39, 0.29) is 25.9 Å². The summed E-state index contributed by atoms with van der Waals surface area (Å²) in [5.41, 5.74) is 12.6. The number of para-hydroxylation sites is 1. The zero-order chi connectivity index (χ0) is 29.2. The Kier molecular flexibility index (Phi) is 11.0. The van der Waals surface area contributed by atoms with Gasteiger partial charge in [-0.15, -0.1) is 0 Å². The number of aromatic nitrogens is 1. The number of carboxylic acid groups (broad SMARTS) is 1. The van der Waals surface area contributed by atoms with Crippen LogP contribution < -0.4 is 27.4 Å². The van der Waals surface area contributed by atoms with Crippen LogP contribution in [0.1, 0.15) is 44.6 Å². The molecule has 0 unspecified atom stereocenters. The van der Waals surface area contributed by atoms with E-state index < -0.39 is 53.8 Å². The van der Waals surface area contributed by atoms with E-state index in [1.807, 2.05) is 24.3 Å². The highest BCUT2D eigenvalue weighted by Crippen LogP contribution is 2.21. The van der Waals surface area contributed by atoms with E-state index in [1.54, 1.807) is 6.20 Å². The fourth-order valence-corrected chi connectivity index (χ4v) is 4.90. The molecule has 9 N–H and O–H groups in total. The fraction of sp³-hybridized carbons (Fsp3) is 0.519. The molecule has 1 aromatic heterocycles. The summed E-state index contributed by atoms with van der Waals surface area (Å²) >= 11 is 0. The molecule has 1 fully saturated rings. The number of carboxylic acids is 1. The van der Waals surface area contributed by atoms with E-state index in [2.05, 4.69) is 20.9 Å². The number of likely N-dealkylation sites (tertiary alicyclic amines) is 1. The highest BCUT2D eigenvalue weighted by Gasteiger charge is 2.38. The minimum Gasteiger partial charge on any atom is -0.480 e. The van der Waals surface area contributed by atoms with Gasteiger partial charge in [-0.3, -0.25) is 19.2 Å². The summed E-state index contributed by atoms with van der Waals surface area (Å²) in [6.45, 7) is 1.87. The van der Waals surface area contributed by atoms with Crippen molar-refractivity contribution in [2.45, 2.75) is 69.6 Å². The summed E-state index contributed by atoms with van der Waals surface area (Å²) < 4.78 is 0. The number of unbranched alkanes of at least 4 members (excludes halogenated alkanes) is 1. The van der Waals surface area contributed by atoms with Gasteiger partial charge in [0.05, 0.1) is 6.54 Å². The first kappa shape index (κ1) is 30.6. The molecule has 1 aromatic carbocycles. The smallest absolute Gasteiger partial charge is 0.326 e. The van der Waals surface area contributed by atoms with Crippen LogP contribution in [0, 0.1) is 0 Å². The molecule has 13 nitrogen and oxygen atoms in total. The summed E-state index contributed by atoms with van der Waals surface area (Å²) in [5, 5.41) is 18.4. The molecule has 2 heterocycles. The van der Waals surface area contributed by atoms with Gasteiger partial charge < -0.3 is 42.4 Å². The van der Waals surface area contributed by atoms with Crippen LogP contribution >= 0.6 is 0 Å². The van der Waals surface area contributed by atoms with Gasteiger partial charge in [0.2, 0.25) is 23.6 Å². The largest absolute Gasteiger partial charge is 0.480 e. The number of hydrogen-bond acceptors (Lipinski definition) is 7. The number of nitrogens with one attached hydrogen (secondary N) is 4. The van der Waals surface area contributed by atoms with E-state index in [0.717, 1.165) is 16.5 Å². The van der Waals surface area contributed by atoms with Crippen LogP contribution in [-0.2, 0) is 30.4 Å². The van der Waals surface area contributed by atoms with Gasteiger partial charge in [0, 0.05) is 30.1 Å². The second-order valence-corrected chi connectivity index (χ2v) is 9.99. The molecule has 3 rings (SSSR count). The third-order valence-electron chi connectivity index (χ3n) is 7.07. The van der Waals surface area contributed by atoms with Crippen molar-refractivity contribution in [3.05, 3.63) is 36.0 Å². The number of carbonyl (C=O) groups excluding carboxylic acids is 4. The van der Waals surface area contributed by atoms with Crippen LogP contribution in [0.2, 0.25) is 0 Å². The Labute approximate surface area is 232 Å². The molecule has 4 atom stereocenters. The van der Waals surface area contributed by atoms with Gasteiger partial charge >= 0.3 is 5.97 Å². The van der Waals surface area contributed by atoms with Crippen molar-refractivity contribution >= 4 is 40.5 Å². The van der Waals surface area contributed by atoms with Crippen LogP contribution in [0.15, 0.2) is 30.5 Å². The van der Waals surface area contributed by atoms with Gasteiger partial charge in [-0.1, -0.05) is 18.2 Å². The maximum Gasteiger partial charge on any atom is 0.326 e. The second kappa shape index (κ2) is 14.4. The Morgan fingerprint density at radius 3 is 2.48 bits per heavy atom. The number of amides is 4. The number of fused-ring (bicyclic) bond motifs is 1. The Bertz CT molecular complexity index is 1210. The van der Waals surface area contributed by atoms with Crippen LogP contribution in [0.4, 0.5) is 0 Å². The topological polar surface area (TPSA) is 213 Å². The second-order valence-electron chi connectivity index (χ2n) is 9.99. The van der Waals surface area contributed by atoms with Crippen LogP contribution in [0.5, 0.6) is 0 Å². The van der Waals surface area contributed by atoms with Gasteiger partial charge in [0.1, 0.15) is 24.2 Å². The number of H-pyrrole nitrogens is 1. The number of hydrogen-bond donors (Lipinski definition) is 7. The standard InChI is InChI=1S/C27H39N7O6/c1-16(31-23(35)14-29)24(36)33-21(13-17-15-30-19-8-3-2-7-18(17)19)25(37)32-20(9-4-5-11-28)26(38)34-12-6-10-22(34)27(39)40/h2-3,7-8,15-16,20-22,30H,4-6,9-14,28-29H2,1H3,(H,31,35)(H,32,37)(H,33,36)(H,39,40)/t16-,20-,21-,22-/m0/s1. The maximum atomic E-state index is 13.7. The minimum atomic E-state index is -1.09. The first-order valence-corrected chi connectivity index (χ1v) is 13.5. The van der Waals surface area contributed by atoms with Gasteiger partial charge in [0.25, 0.3) is 0 Å². The lowest BCUT2D eigenvalue weighted by Crippen LogP contribution is -2.58. The normalized spacial score (nSPS) is 17.2. The first-order valence-electron chi connectivity index (χ1n) is 13.5. The highest BCUT2D eigenvalue weighted by molar-refractivity contribution is 5.95. The molecule has 2 aromatic rings. The Balaban J connectivity index is 1.84.